The summed E-state index contributed by atoms with van der Waals surface area (Å²) < 4.78 is 48.2. The topological polar surface area (TPSA) is 61.2 Å². The van der Waals surface area contributed by atoms with Crippen LogP contribution in [-0.2, 0) is 15.4 Å². The van der Waals surface area contributed by atoms with Crippen molar-refractivity contribution >= 4 is 20.7 Å². The Kier molecular flexibility index (Phi) is 6.44. The first-order valence-electron chi connectivity index (χ1n) is 12.7. The van der Waals surface area contributed by atoms with Gasteiger partial charge in [0.25, 0.3) is 0 Å². The van der Waals surface area contributed by atoms with E-state index in [-0.39, 0.29) is 15.5 Å². The average molecular weight is 549 g/mol. The molecule has 6 rings (SSSR count). The van der Waals surface area contributed by atoms with Crippen LogP contribution >= 0.6 is 0 Å². The van der Waals surface area contributed by atoms with Gasteiger partial charge in [-0.15, -0.1) is 0 Å². The van der Waals surface area contributed by atoms with E-state index in [0.717, 1.165) is 34.3 Å². The lowest BCUT2D eigenvalue weighted by Crippen LogP contribution is -2.38. The fourth-order valence-electron chi connectivity index (χ4n) is 5.30. The van der Waals surface area contributed by atoms with Gasteiger partial charge >= 0.3 is 0 Å². The zero-order valence-electron chi connectivity index (χ0n) is 21.6. The first-order chi connectivity index (χ1) is 19.4. The Morgan fingerprint density at radius 3 is 1.77 bits per heavy atom. The van der Waals surface area contributed by atoms with Gasteiger partial charge in [0.15, 0.2) is 0 Å². The highest BCUT2D eigenvalue weighted by Crippen LogP contribution is 2.42. The molecule has 0 spiro atoms. The second-order valence-corrected chi connectivity index (χ2v) is 11.4. The number of rotatable bonds is 7. The zero-order chi connectivity index (χ0) is 27.7. The molecule has 0 saturated carbocycles. The van der Waals surface area contributed by atoms with E-state index in [1.165, 1.54) is 13.2 Å². The number of halogens is 1. The summed E-state index contributed by atoms with van der Waals surface area (Å²) in [6.07, 6.45) is 1.67. The summed E-state index contributed by atoms with van der Waals surface area (Å²) in [7, 11) is -2.66. The second-order valence-electron chi connectivity index (χ2n) is 9.42. The molecule has 0 amide bonds. The fourth-order valence-corrected chi connectivity index (χ4v) is 6.64. The van der Waals surface area contributed by atoms with E-state index in [1.807, 2.05) is 59.3 Å². The fraction of sp³-hybridized carbons (Fsp3) is 0.0606. The lowest BCUT2D eigenvalue weighted by atomic mass is 9.77. The first kappa shape index (κ1) is 25.5. The molecule has 40 heavy (non-hydrogen) atoms. The summed E-state index contributed by atoms with van der Waals surface area (Å²) in [6, 6.07) is 38.7. The molecule has 1 aromatic heterocycles. The molecule has 1 heterocycles. The smallest absolute Gasteiger partial charge is 0.206 e. The summed E-state index contributed by atoms with van der Waals surface area (Å²) in [5.41, 5.74) is 2.90. The summed E-state index contributed by atoms with van der Waals surface area (Å²) in [6.45, 7) is 0. The molecule has 7 heteroatoms. The molecule has 5 aromatic carbocycles. The summed E-state index contributed by atoms with van der Waals surface area (Å²) in [5.74, 6) is -0.559. The highest BCUT2D eigenvalue weighted by molar-refractivity contribution is 7.91. The molecule has 0 radical (unpaired) electrons. The SMILES string of the molecule is COc1cc(F)cc(S(=O)(=O)c2ccc3c(cnn3C(c3ccccc3)(c3ccccc3)c3ccccc3)c2)c1. The largest absolute Gasteiger partial charge is 0.497 e. The van der Waals surface area contributed by atoms with Crippen molar-refractivity contribution in [2.45, 2.75) is 15.3 Å². The van der Waals surface area contributed by atoms with Gasteiger partial charge in [0.05, 0.1) is 28.6 Å². The molecule has 0 saturated heterocycles. The Balaban J connectivity index is 1.60. The van der Waals surface area contributed by atoms with Gasteiger partial charge in [-0.3, -0.25) is 0 Å². The monoisotopic (exact) mass is 548 g/mol. The van der Waals surface area contributed by atoms with Gasteiger partial charge in [0.1, 0.15) is 17.1 Å². The number of methoxy groups -OCH3 is 1. The molecule has 5 nitrogen and oxygen atoms in total. The molecular weight excluding hydrogens is 523 g/mol. The highest BCUT2D eigenvalue weighted by Gasteiger charge is 2.40. The summed E-state index contributed by atoms with van der Waals surface area (Å²) in [4.78, 5) is -0.139. The lowest BCUT2D eigenvalue weighted by molar-refractivity contribution is 0.409. The quantitative estimate of drug-likeness (QED) is 0.205. The Morgan fingerprint density at radius 2 is 1.25 bits per heavy atom. The minimum Gasteiger partial charge on any atom is -0.497 e. The first-order valence-corrected chi connectivity index (χ1v) is 14.2. The van der Waals surface area contributed by atoms with Crippen LogP contribution in [0.5, 0.6) is 5.75 Å². The van der Waals surface area contributed by atoms with Crippen molar-refractivity contribution in [1.82, 2.24) is 9.78 Å². The zero-order valence-corrected chi connectivity index (χ0v) is 22.4. The third-order valence-electron chi connectivity index (χ3n) is 7.13. The maximum absolute atomic E-state index is 14.2. The van der Waals surface area contributed by atoms with E-state index in [9.17, 15) is 12.8 Å². The van der Waals surface area contributed by atoms with Crippen molar-refractivity contribution in [3.05, 3.63) is 156 Å². The van der Waals surface area contributed by atoms with E-state index in [0.29, 0.717) is 5.39 Å². The molecule has 0 aliphatic rings. The number of hydrogen-bond donors (Lipinski definition) is 0. The van der Waals surface area contributed by atoms with E-state index in [1.54, 1.807) is 24.4 Å². The molecule has 6 aromatic rings. The highest BCUT2D eigenvalue weighted by atomic mass is 32.2. The van der Waals surface area contributed by atoms with Gasteiger partial charge in [-0.1, -0.05) is 91.0 Å². The van der Waals surface area contributed by atoms with E-state index in [2.05, 4.69) is 36.4 Å². The molecule has 0 aliphatic heterocycles. The molecule has 0 fully saturated rings. The van der Waals surface area contributed by atoms with Crippen LogP contribution in [0.4, 0.5) is 4.39 Å². The van der Waals surface area contributed by atoms with Crippen LogP contribution in [0, 0.1) is 5.82 Å². The summed E-state index contributed by atoms with van der Waals surface area (Å²) in [5, 5.41) is 5.51. The molecule has 0 aliphatic carbocycles. The van der Waals surface area contributed by atoms with Gasteiger partial charge in [0.2, 0.25) is 9.84 Å². The predicted octanol–water partition coefficient (Wildman–Crippen LogP) is 6.86. The number of hydrogen-bond acceptors (Lipinski definition) is 4. The Bertz CT molecular complexity index is 1810. The Morgan fingerprint density at radius 1 is 0.700 bits per heavy atom. The van der Waals surface area contributed by atoms with Crippen molar-refractivity contribution < 1.29 is 17.5 Å². The number of fused-ring (bicyclic) bond motifs is 1. The van der Waals surface area contributed by atoms with Crippen LogP contribution in [0.25, 0.3) is 10.9 Å². The van der Waals surface area contributed by atoms with Gasteiger partial charge < -0.3 is 4.74 Å². The molecule has 0 bridgehead atoms. The van der Waals surface area contributed by atoms with Crippen molar-refractivity contribution in [1.29, 1.82) is 0 Å². The number of nitrogens with zero attached hydrogens (tertiary/aromatic N) is 2. The van der Waals surface area contributed by atoms with Crippen LogP contribution < -0.4 is 4.74 Å². The van der Waals surface area contributed by atoms with E-state index >= 15 is 0 Å². The van der Waals surface area contributed by atoms with Crippen molar-refractivity contribution in [2.75, 3.05) is 7.11 Å². The minimum absolute atomic E-state index is 0.0388. The Hall–Kier alpha value is -4.75. The molecule has 0 atom stereocenters. The average Bonchev–Trinajstić information content (AvgIpc) is 3.42. The third kappa shape index (κ3) is 4.15. The van der Waals surface area contributed by atoms with Gasteiger partial charge in [0, 0.05) is 11.5 Å². The predicted molar refractivity (Wildman–Crippen MR) is 153 cm³/mol. The summed E-state index contributed by atoms with van der Waals surface area (Å²) >= 11 is 0. The standard InChI is InChI=1S/C33H25FN2O3S/c1-39-29-20-28(34)21-31(22-29)40(37,38)30-17-18-32-24(19-30)23-35-36(32)33(25-11-5-2-6-12-25,26-13-7-3-8-14-26)27-15-9-4-10-16-27/h2-23H,1H3. The number of sulfone groups is 1. The minimum atomic E-state index is -4.03. The van der Waals surface area contributed by atoms with Crippen molar-refractivity contribution in [3.63, 3.8) is 0 Å². The molecule has 0 N–H and O–H groups in total. The van der Waals surface area contributed by atoms with Crippen LogP contribution in [0.1, 0.15) is 16.7 Å². The maximum atomic E-state index is 14.2. The van der Waals surface area contributed by atoms with E-state index in [4.69, 9.17) is 9.84 Å². The number of aromatic nitrogens is 2. The van der Waals surface area contributed by atoms with Crippen molar-refractivity contribution in [3.8, 4) is 5.75 Å². The second kappa shape index (κ2) is 10.1. The molecule has 198 valence electrons. The van der Waals surface area contributed by atoms with E-state index < -0.39 is 21.2 Å². The van der Waals surface area contributed by atoms with Crippen LogP contribution in [0.3, 0.4) is 0 Å². The van der Waals surface area contributed by atoms with Crippen LogP contribution in [0.2, 0.25) is 0 Å². The number of ether oxygens (including phenoxy) is 1. The Labute approximate surface area is 232 Å². The third-order valence-corrected chi connectivity index (χ3v) is 8.86. The lowest BCUT2D eigenvalue weighted by Gasteiger charge is -2.37. The van der Waals surface area contributed by atoms with Crippen LogP contribution in [-0.4, -0.2) is 25.3 Å². The van der Waals surface area contributed by atoms with Gasteiger partial charge in [-0.25, -0.2) is 17.5 Å². The maximum Gasteiger partial charge on any atom is 0.206 e. The van der Waals surface area contributed by atoms with Crippen LogP contribution in [0.15, 0.2) is 143 Å². The normalized spacial score (nSPS) is 11.9. The number of benzene rings is 5. The molecule has 0 unspecified atom stereocenters. The van der Waals surface area contributed by atoms with Gasteiger partial charge in [-0.05, 0) is 47.0 Å². The van der Waals surface area contributed by atoms with Gasteiger partial charge in [-0.2, -0.15) is 5.10 Å². The molecular formula is C33H25FN2O3S. The van der Waals surface area contributed by atoms with Crippen molar-refractivity contribution in [2.24, 2.45) is 0 Å².